The number of nitrogens with zero attached hydrogens (tertiary/aromatic N) is 2. The molecular weight excluding hydrogens is 178 g/mol. The van der Waals surface area contributed by atoms with Gasteiger partial charge in [0.2, 0.25) is 0 Å². The summed E-state index contributed by atoms with van der Waals surface area (Å²) in [5.41, 5.74) is 7.57. The van der Waals surface area contributed by atoms with E-state index in [0.29, 0.717) is 6.54 Å². The Balaban J connectivity index is 2.66. The Hall–Kier alpha value is -1.55. The first kappa shape index (κ1) is 9.02. The highest BCUT2D eigenvalue weighted by Crippen LogP contribution is 2.20. The van der Waals surface area contributed by atoms with Crippen molar-refractivity contribution < 1.29 is 4.74 Å². The number of methoxy groups -OCH3 is 1. The fourth-order valence-corrected chi connectivity index (χ4v) is 1.54. The Bertz CT molecular complexity index is 462. The second kappa shape index (κ2) is 3.31. The number of ether oxygens (including phenoxy) is 1. The average molecular weight is 191 g/mol. The molecule has 0 spiro atoms. The summed E-state index contributed by atoms with van der Waals surface area (Å²) in [6.45, 7) is 0.452. The maximum absolute atomic E-state index is 5.57. The van der Waals surface area contributed by atoms with E-state index < -0.39 is 0 Å². The van der Waals surface area contributed by atoms with Gasteiger partial charge in [0.05, 0.1) is 24.7 Å². The zero-order valence-electron chi connectivity index (χ0n) is 8.32. The molecule has 4 nitrogen and oxygen atoms in total. The smallest absolute Gasteiger partial charge is 0.123 e. The molecule has 0 atom stereocenters. The minimum absolute atomic E-state index is 0.452. The van der Waals surface area contributed by atoms with Gasteiger partial charge >= 0.3 is 0 Å². The van der Waals surface area contributed by atoms with Gasteiger partial charge in [-0.3, -0.25) is 0 Å². The summed E-state index contributed by atoms with van der Waals surface area (Å²) in [7, 11) is 3.61. The third kappa shape index (κ3) is 1.24. The Morgan fingerprint density at radius 3 is 2.93 bits per heavy atom. The summed E-state index contributed by atoms with van der Waals surface area (Å²) in [4.78, 5) is 4.40. The minimum atomic E-state index is 0.452. The van der Waals surface area contributed by atoms with E-state index in [1.807, 2.05) is 29.8 Å². The number of imidazole rings is 1. The Morgan fingerprint density at radius 2 is 2.29 bits per heavy atom. The lowest BCUT2D eigenvalue weighted by atomic mass is 10.3. The predicted octanol–water partition coefficient (Wildman–Crippen LogP) is 1.04. The molecular formula is C10H13N3O. The SMILES string of the molecule is COc1ccc2c(c1)nc(CN)n2C. The van der Waals surface area contributed by atoms with Crippen LogP contribution in [0.1, 0.15) is 5.82 Å². The van der Waals surface area contributed by atoms with Gasteiger partial charge in [-0.15, -0.1) is 0 Å². The zero-order valence-corrected chi connectivity index (χ0v) is 8.32. The number of fused-ring (bicyclic) bond motifs is 1. The minimum Gasteiger partial charge on any atom is -0.497 e. The van der Waals surface area contributed by atoms with Crippen molar-refractivity contribution in [1.82, 2.24) is 9.55 Å². The third-order valence-electron chi connectivity index (χ3n) is 2.36. The summed E-state index contributed by atoms with van der Waals surface area (Å²) in [5.74, 6) is 1.70. The van der Waals surface area contributed by atoms with Crippen LogP contribution in [0.15, 0.2) is 18.2 Å². The average Bonchev–Trinajstić information content (AvgIpc) is 2.55. The zero-order chi connectivity index (χ0) is 10.1. The molecule has 0 amide bonds. The first-order valence-corrected chi connectivity index (χ1v) is 4.45. The van der Waals surface area contributed by atoms with Gasteiger partial charge in [-0.05, 0) is 12.1 Å². The van der Waals surface area contributed by atoms with Crippen molar-refractivity contribution in [3.05, 3.63) is 24.0 Å². The standard InChI is InChI=1S/C10H13N3O/c1-13-9-4-3-7(14-2)5-8(9)12-10(13)6-11/h3-5H,6,11H2,1-2H3. The third-order valence-corrected chi connectivity index (χ3v) is 2.36. The van der Waals surface area contributed by atoms with Crippen LogP contribution < -0.4 is 10.5 Å². The molecule has 4 heteroatoms. The van der Waals surface area contributed by atoms with Crippen LogP contribution in [-0.4, -0.2) is 16.7 Å². The molecule has 0 unspecified atom stereocenters. The summed E-state index contributed by atoms with van der Waals surface area (Å²) >= 11 is 0. The second-order valence-electron chi connectivity index (χ2n) is 3.15. The molecule has 0 fully saturated rings. The Morgan fingerprint density at radius 1 is 1.50 bits per heavy atom. The van der Waals surface area contributed by atoms with Crippen LogP contribution in [0.5, 0.6) is 5.75 Å². The summed E-state index contributed by atoms with van der Waals surface area (Å²) < 4.78 is 7.12. The highest BCUT2D eigenvalue weighted by molar-refractivity contribution is 5.77. The molecule has 2 rings (SSSR count). The van der Waals surface area contributed by atoms with E-state index in [0.717, 1.165) is 22.6 Å². The van der Waals surface area contributed by atoms with Crippen molar-refractivity contribution in [3.8, 4) is 5.75 Å². The first-order valence-electron chi connectivity index (χ1n) is 4.45. The molecule has 0 saturated heterocycles. The fraction of sp³-hybridized carbons (Fsp3) is 0.300. The molecule has 0 aliphatic heterocycles. The predicted molar refractivity (Wildman–Crippen MR) is 55.2 cm³/mol. The van der Waals surface area contributed by atoms with Crippen molar-refractivity contribution in [2.45, 2.75) is 6.54 Å². The summed E-state index contributed by atoms with van der Waals surface area (Å²) in [6, 6.07) is 5.82. The van der Waals surface area contributed by atoms with Crippen LogP contribution in [0.2, 0.25) is 0 Å². The van der Waals surface area contributed by atoms with Crippen LogP contribution in [0.4, 0.5) is 0 Å². The van der Waals surface area contributed by atoms with E-state index in [4.69, 9.17) is 10.5 Å². The molecule has 0 saturated carbocycles. The molecule has 0 aliphatic carbocycles. The van der Waals surface area contributed by atoms with Gasteiger partial charge in [-0.25, -0.2) is 4.98 Å². The van der Waals surface area contributed by atoms with Gasteiger partial charge in [0.25, 0.3) is 0 Å². The lowest BCUT2D eigenvalue weighted by Gasteiger charge is -1.99. The summed E-state index contributed by atoms with van der Waals surface area (Å²) in [5, 5.41) is 0. The van der Waals surface area contributed by atoms with Crippen molar-refractivity contribution in [2.24, 2.45) is 12.8 Å². The second-order valence-corrected chi connectivity index (χ2v) is 3.15. The van der Waals surface area contributed by atoms with Crippen LogP contribution in [0.3, 0.4) is 0 Å². The number of benzene rings is 1. The lowest BCUT2D eigenvalue weighted by molar-refractivity contribution is 0.415. The van der Waals surface area contributed by atoms with E-state index >= 15 is 0 Å². The largest absolute Gasteiger partial charge is 0.497 e. The van der Waals surface area contributed by atoms with Crippen molar-refractivity contribution in [3.63, 3.8) is 0 Å². The van der Waals surface area contributed by atoms with Crippen molar-refractivity contribution >= 4 is 11.0 Å². The number of aromatic nitrogens is 2. The van der Waals surface area contributed by atoms with Crippen LogP contribution in [0, 0.1) is 0 Å². The Kier molecular flexibility index (Phi) is 2.13. The van der Waals surface area contributed by atoms with Crippen LogP contribution in [-0.2, 0) is 13.6 Å². The number of nitrogens with two attached hydrogens (primary N) is 1. The van der Waals surface area contributed by atoms with Gasteiger partial charge in [0.15, 0.2) is 0 Å². The molecule has 1 heterocycles. The number of rotatable bonds is 2. The molecule has 2 aromatic rings. The first-order chi connectivity index (χ1) is 6.76. The summed E-state index contributed by atoms with van der Waals surface area (Å²) in [6.07, 6.45) is 0. The van der Waals surface area contributed by atoms with Crippen LogP contribution >= 0.6 is 0 Å². The van der Waals surface area contributed by atoms with E-state index in [9.17, 15) is 0 Å². The molecule has 14 heavy (non-hydrogen) atoms. The Labute approximate surface area is 82.3 Å². The van der Waals surface area contributed by atoms with Gasteiger partial charge in [0, 0.05) is 13.1 Å². The molecule has 1 aromatic carbocycles. The highest BCUT2D eigenvalue weighted by atomic mass is 16.5. The van der Waals surface area contributed by atoms with Crippen molar-refractivity contribution in [2.75, 3.05) is 7.11 Å². The molecule has 0 aliphatic rings. The molecule has 0 radical (unpaired) electrons. The van der Waals surface area contributed by atoms with E-state index in [1.165, 1.54) is 0 Å². The van der Waals surface area contributed by atoms with Gasteiger partial charge in [0.1, 0.15) is 11.6 Å². The molecule has 2 N–H and O–H groups in total. The van der Waals surface area contributed by atoms with Crippen molar-refractivity contribution in [1.29, 1.82) is 0 Å². The van der Waals surface area contributed by atoms with Crippen LogP contribution in [0.25, 0.3) is 11.0 Å². The van der Waals surface area contributed by atoms with Gasteiger partial charge in [-0.2, -0.15) is 0 Å². The van der Waals surface area contributed by atoms with E-state index in [1.54, 1.807) is 7.11 Å². The molecule has 0 bridgehead atoms. The van der Waals surface area contributed by atoms with E-state index in [2.05, 4.69) is 4.98 Å². The quantitative estimate of drug-likeness (QED) is 0.771. The normalized spacial score (nSPS) is 10.8. The number of aryl methyl sites for hydroxylation is 1. The molecule has 1 aromatic heterocycles. The fourth-order valence-electron chi connectivity index (χ4n) is 1.54. The van der Waals surface area contributed by atoms with Gasteiger partial charge < -0.3 is 15.0 Å². The topological polar surface area (TPSA) is 53.1 Å². The lowest BCUT2D eigenvalue weighted by Crippen LogP contribution is -2.04. The number of hydrogen-bond donors (Lipinski definition) is 1. The molecule has 74 valence electrons. The maximum atomic E-state index is 5.57. The highest BCUT2D eigenvalue weighted by Gasteiger charge is 2.06. The number of hydrogen-bond acceptors (Lipinski definition) is 3. The van der Waals surface area contributed by atoms with E-state index in [-0.39, 0.29) is 0 Å². The van der Waals surface area contributed by atoms with Gasteiger partial charge in [-0.1, -0.05) is 0 Å². The maximum Gasteiger partial charge on any atom is 0.123 e. The monoisotopic (exact) mass is 191 g/mol.